The molecule has 21 heavy (non-hydrogen) atoms. The number of ether oxygens (including phenoxy) is 1. The van der Waals surface area contributed by atoms with Crippen LogP contribution in [-0.2, 0) is 14.8 Å². The fourth-order valence-corrected chi connectivity index (χ4v) is 4.54. The summed E-state index contributed by atoms with van der Waals surface area (Å²) in [6.07, 6.45) is 0.899. The molecule has 1 aliphatic rings. The van der Waals surface area contributed by atoms with Crippen molar-refractivity contribution in [1.82, 2.24) is 4.31 Å². The number of hydrogen-bond donors (Lipinski definition) is 1. The molecule has 0 bridgehead atoms. The van der Waals surface area contributed by atoms with Crippen molar-refractivity contribution in [2.75, 3.05) is 20.2 Å². The number of benzene rings is 1. The fraction of sp³-hybridized carbons (Fsp3) is 0.462. The number of piperidine rings is 1. The Kier molecular flexibility index (Phi) is 4.90. The molecule has 1 heterocycles. The molecule has 0 aromatic heterocycles. The molecule has 2 rings (SSSR count). The lowest BCUT2D eigenvalue weighted by Gasteiger charge is -2.30. The number of halogens is 1. The lowest BCUT2D eigenvalue weighted by atomic mass is 9.98. The Balaban J connectivity index is 2.27. The highest BCUT2D eigenvalue weighted by atomic mass is 79.9. The molecule has 1 aromatic carbocycles. The average molecular weight is 377 g/mol. The Morgan fingerprint density at radius 3 is 2.52 bits per heavy atom. The second-order valence-corrected chi connectivity index (χ2v) is 7.70. The number of methoxy groups -OCH3 is 1. The molecule has 8 heteroatoms. The van der Waals surface area contributed by atoms with Crippen molar-refractivity contribution in [2.45, 2.75) is 17.7 Å². The quantitative estimate of drug-likeness (QED) is 0.858. The van der Waals surface area contributed by atoms with Crippen LogP contribution in [0.3, 0.4) is 0 Å². The van der Waals surface area contributed by atoms with Crippen LogP contribution < -0.4 is 10.5 Å². The van der Waals surface area contributed by atoms with Crippen LogP contribution in [0.2, 0.25) is 0 Å². The summed E-state index contributed by atoms with van der Waals surface area (Å²) in [6.45, 7) is 0.567. The summed E-state index contributed by atoms with van der Waals surface area (Å²) in [5, 5.41) is 0. The first-order valence-corrected chi connectivity index (χ1v) is 8.72. The lowest BCUT2D eigenvalue weighted by Crippen LogP contribution is -2.41. The molecule has 0 saturated carbocycles. The van der Waals surface area contributed by atoms with Gasteiger partial charge in [-0.1, -0.05) is 15.9 Å². The van der Waals surface area contributed by atoms with Crippen LogP contribution >= 0.6 is 15.9 Å². The Labute approximate surface area is 132 Å². The Hall–Kier alpha value is -1.12. The van der Waals surface area contributed by atoms with Gasteiger partial charge in [-0.15, -0.1) is 0 Å². The first-order valence-electron chi connectivity index (χ1n) is 6.49. The number of carbonyl (C=O) groups excluding carboxylic acids is 1. The van der Waals surface area contributed by atoms with Crippen LogP contribution in [0.5, 0.6) is 5.75 Å². The van der Waals surface area contributed by atoms with E-state index in [0.29, 0.717) is 23.1 Å². The lowest BCUT2D eigenvalue weighted by molar-refractivity contribution is -0.122. The highest BCUT2D eigenvalue weighted by Crippen LogP contribution is 2.31. The Bertz CT molecular complexity index is 640. The molecule has 0 spiro atoms. The maximum Gasteiger partial charge on any atom is 0.246 e. The summed E-state index contributed by atoms with van der Waals surface area (Å²) in [5.41, 5.74) is 5.27. The topological polar surface area (TPSA) is 89.7 Å². The van der Waals surface area contributed by atoms with Gasteiger partial charge in [0.25, 0.3) is 0 Å². The normalized spacial score (nSPS) is 17.6. The van der Waals surface area contributed by atoms with Gasteiger partial charge in [-0.2, -0.15) is 4.31 Å². The molecule has 1 fully saturated rings. The fourth-order valence-electron chi connectivity index (χ4n) is 2.37. The Morgan fingerprint density at radius 1 is 1.38 bits per heavy atom. The zero-order valence-corrected chi connectivity index (χ0v) is 14.0. The van der Waals surface area contributed by atoms with Gasteiger partial charge in [-0.25, -0.2) is 8.42 Å². The van der Waals surface area contributed by atoms with E-state index in [-0.39, 0.29) is 29.8 Å². The first kappa shape index (κ1) is 16.3. The van der Waals surface area contributed by atoms with Crippen molar-refractivity contribution >= 4 is 31.9 Å². The predicted molar refractivity (Wildman–Crippen MR) is 81.4 cm³/mol. The number of hydrogen-bond acceptors (Lipinski definition) is 4. The van der Waals surface area contributed by atoms with Gasteiger partial charge in [-0.05, 0) is 31.0 Å². The molecule has 0 aliphatic carbocycles. The average Bonchev–Trinajstić information content (AvgIpc) is 2.47. The van der Waals surface area contributed by atoms with E-state index in [1.165, 1.54) is 17.5 Å². The molecule has 1 amide bonds. The van der Waals surface area contributed by atoms with Gasteiger partial charge >= 0.3 is 0 Å². The maximum atomic E-state index is 12.7. The Morgan fingerprint density at radius 2 is 2.00 bits per heavy atom. The third-order valence-corrected chi connectivity index (χ3v) is 6.01. The van der Waals surface area contributed by atoms with E-state index in [2.05, 4.69) is 15.9 Å². The van der Waals surface area contributed by atoms with Crippen LogP contribution in [0.25, 0.3) is 0 Å². The van der Waals surface area contributed by atoms with E-state index in [0.717, 1.165) is 0 Å². The minimum atomic E-state index is -3.65. The minimum Gasteiger partial charge on any atom is -0.495 e. The van der Waals surface area contributed by atoms with E-state index in [1.54, 1.807) is 12.1 Å². The summed E-state index contributed by atoms with van der Waals surface area (Å²) in [5.74, 6) is -0.317. The molecule has 0 unspecified atom stereocenters. The number of nitrogens with two attached hydrogens (primary N) is 1. The standard InChI is InChI=1S/C13H17BrN2O4S/c1-20-11-3-2-10(14)8-12(11)21(18,19)16-6-4-9(5-7-16)13(15)17/h2-3,8-9H,4-7H2,1H3,(H2,15,17). The van der Waals surface area contributed by atoms with Crippen LogP contribution in [0, 0.1) is 5.92 Å². The van der Waals surface area contributed by atoms with Gasteiger partial charge in [0, 0.05) is 23.5 Å². The molecule has 0 atom stereocenters. The zero-order valence-electron chi connectivity index (χ0n) is 11.6. The third kappa shape index (κ3) is 3.38. The number of sulfonamides is 1. The molecule has 0 radical (unpaired) electrons. The number of primary amides is 1. The van der Waals surface area contributed by atoms with E-state index in [1.807, 2.05) is 0 Å². The largest absolute Gasteiger partial charge is 0.495 e. The van der Waals surface area contributed by atoms with Crippen molar-refractivity contribution < 1.29 is 17.9 Å². The third-order valence-electron chi connectivity index (χ3n) is 3.60. The summed E-state index contributed by atoms with van der Waals surface area (Å²) in [7, 11) is -2.22. The summed E-state index contributed by atoms with van der Waals surface area (Å²) >= 11 is 3.27. The second-order valence-electron chi connectivity index (χ2n) is 4.88. The van der Waals surface area contributed by atoms with Crippen LogP contribution in [0.4, 0.5) is 0 Å². The van der Waals surface area contributed by atoms with Gasteiger partial charge in [0.15, 0.2) is 0 Å². The van der Waals surface area contributed by atoms with E-state index >= 15 is 0 Å². The van der Waals surface area contributed by atoms with Crippen LogP contribution in [-0.4, -0.2) is 38.8 Å². The summed E-state index contributed by atoms with van der Waals surface area (Å²) in [4.78, 5) is 11.3. The first-order chi connectivity index (χ1) is 9.86. The van der Waals surface area contributed by atoms with E-state index in [9.17, 15) is 13.2 Å². The van der Waals surface area contributed by atoms with Gasteiger partial charge in [-0.3, -0.25) is 4.79 Å². The maximum absolute atomic E-state index is 12.7. The van der Waals surface area contributed by atoms with E-state index in [4.69, 9.17) is 10.5 Å². The predicted octanol–water partition coefficient (Wildman–Crippen LogP) is 1.34. The van der Waals surface area contributed by atoms with E-state index < -0.39 is 10.0 Å². The van der Waals surface area contributed by atoms with Gasteiger partial charge in [0.05, 0.1) is 7.11 Å². The SMILES string of the molecule is COc1ccc(Br)cc1S(=O)(=O)N1CCC(C(N)=O)CC1. The molecule has 2 N–H and O–H groups in total. The molecule has 1 aromatic rings. The highest BCUT2D eigenvalue weighted by molar-refractivity contribution is 9.10. The van der Waals surface area contributed by atoms with Crippen LogP contribution in [0.15, 0.2) is 27.6 Å². The molecule has 1 aliphatic heterocycles. The summed E-state index contributed by atoms with van der Waals surface area (Å²) in [6, 6.07) is 4.85. The molecular formula is C13H17BrN2O4S. The second kappa shape index (κ2) is 6.33. The van der Waals surface area contributed by atoms with Gasteiger partial charge in [0.1, 0.15) is 10.6 Å². The minimum absolute atomic E-state index is 0.122. The number of carbonyl (C=O) groups is 1. The highest BCUT2D eigenvalue weighted by Gasteiger charge is 2.33. The van der Waals surface area contributed by atoms with Crippen molar-refractivity contribution in [1.29, 1.82) is 0 Å². The monoisotopic (exact) mass is 376 g/mol. The van der Waals surface area contributed by atoms with Gasteiger partial charge in [0.2, 0.25) is 15.9 Å². The summed E-state index contributed by atoms with van der Waals surface area (Å²) < 4.78 is 32.6. The molecule has 1 saturated heterocycles. The molecule has 116 valence electrons. The molecule has 6 nitrogen and oxygen atoms in total. The zero-order chi connectivity index (χ0) is 15.6. The van der Waals surface area contributed by atoms with Crippen molar-refractivity contribution in [3.05, 3.63) is 22.7 Å². The van der Waals surface area contributed by atoms with Crippen molar-refractivity contribution in [3.63, 3.8) is 0 Å². The smallest absolute Gasteiger partial charge is 0.246 e. The number of rotatable bonds is 4. The molecular weight excluding hydrogens is 360 g/mol. The number of amides is 1. The van der Waals surface area contributed by atoms with Gasteiger partial charge < -0.3 is 10.5 Å². The van der Waals surface area contributed by atoms with Crippen molar-refractivity contribution in [3.8, 4) is 5.75 Å². The van der Waals surface area contributed by atoms with Crippen LogP contribution in [0.1, 0.15) is 12.8 Å². The number of nitrogens with zero attached hydrogens (tertiary/aromatic N) is 1. The van der Waals surface area contributed by atoms with Crippen molar-refractivity contribution in [2.24, 2.45) is 11.7 Å².